The number of benzene rings is 1. The molecule has 10 heteroatoms. The number of hydrogen-bond donors (Lipinski definition) is 2. The molecule has 0 radical (unpaired) electrons. The molecule has 26 heavy (non-hydrogen) atoms. The smallest absolute Gasteiger partial charge is 0.290 e. The van der Waals surface area contributed by atoms with Gasteiger partial charge in [-0.3, -0.25) is 4.79 Å². The van der Waals surface area contributed by atoms with Gasteiger partial charge in [-0.05, 0) is 25.0 Å². The summed E-state index contributed by atoms with van der Waals surface area (Å²) in [6.45, 7) is 0.985. The Balaban J connectivity index is 1.80. The second-order valence-electron chi connectivity index (χ2n) is 5.94. The lowest BCUT2D eigenvalue weighted by Crippen LogP contribution is -2.49. The van der Waals surface area contributed by atoms with Crippen LogP contribution in [-0.4, -0.2) is 44.6 Å². The molecule has 1 aliphatic rings. The summed E-state index contributed by atoms with van der Waals surface area (Å²) in [7, 11) is -2.38. The number of piperidine rings is 1. The predicted octanol–water partition coefficient (Wildman–Crippen LogP) is 1.38. The van der Waals surface area contributed by atoms with E-state index in [1.807, 2.05) is 0 Å². The first kappa shape index (κ1) is 18.7. The molecule has 0 saturated carbocycles. The van der Waals surface area contributed by atoms with Crippen molar-refractivity contribution in [3.8, 4) is 5.75 Å². The fourth-order valence-corrected chi connectivity index (χ4v) is 4.71. The van der Waals surface area contributed by atoms with Crippen LogP contribution < -0.4 is 19.9 Å². The first-order valence-electron chi connectivity index (χ1n) is 8.05. The summed E-state index contributed by atoms with van der Waals surface area (Å²) < 4.78 is 33.2. The van der Waals surface area contributed by atoms with Gasteiger partial charge >= 0.3 is 0 Å². The maximum atomic E-state index is 12.7. The number of aromatic nitrogens is 2. The van der Waals surface area contributed by atoms with Gasteiger partial charge in [0.2, 0.25) is 10.0 Å². The van der Waals surface area contributed by atoms with Gasteiger partial charge in [-0.2, -0.15) is 0 Å². The van der Waals surface area contributed by atoms with E-state index in [4.69, 9.17) is 16.3 Å². The molecule has 2 aromatic rings. The first-order valence-corrected chi connectivity index (χ1v) is 9.91. The zero-order valence-electron chi connectivity index (χ0n) is 14.1. The van der Waals surface area contributed by atoms with Crippen molar-refractivity contribution in [3.05, 3.63) is 46.0 Å². The minimum Gasteiger partial charge on any atom is -0.497 e. The quantitative estimate of drug-likeness (QED) is 0.788. The van der Waals surface area contributed by atoms with Crippen LogP contribution in [0.4, 0.5) is 5.82 Å². The topological polar surface area (TPSA) is 104 Å². The number of aromatic amines is 1. The summed E-state index contributed by atoms with van der Waals surface area (Å²) in [4.78, 5) is 20.3. The number of ether oxygens (including phenoxy) is 1. The molecular weight excluding hydrogens is 380 g/mol. The van der Waals surface area contributed by atoms with Crippen LogP contribution in [-0.2, 0) is 10.0 Å². The highest BCUT2D eigenvalue weighted by Crippen LogP contribution is 2.27. The summed E-state index contributed by atoms with van der Waals surface area (Å²) in [5.74, 6) is 0.691. The summed E-state index contributed by atoms with van der Waals surface area (Å²) in [5, 5.41) is 0.118. The maximum absolute atomic E-state index is 12.7. The molecule has 0 spiro atoms. The summed E-state index contributed by atoms with van der Waals surface area (Å²) in [5.41, 5.74) is -0.299. The lowest BCUT2D eigenvalue weighted by Gasteiger charge is -2.33. The minimum atomic E-state index is -3.83. The van der Waals surface area contributed by atoms with E-state index < -0.39 is 10.0 Å². The van der Waals surface area contributed by atoms with Crippen LogP contribution in [0.1, 0.15) is 12.8 Å². The highest BCUT2D eigenvalue weighted by atomic mass is 35.5. The van der Waals surface area contributed by atoms with Crippen LogP contribution in [0.5, 0.6) is 5.75 Å². The largest absolute Gasteiger partial charge is 0.497 e. The van der Waals surface area contributed by atoms with Crippen LogP contribution in [0, 0.1) is 0 Å². The number of anilines is 1. The Kier molecular flexibility index (Phi) is 5.49. The number of H-pyrrole nitrogens is 1. The third-order valence-electron chi connectivity index (χ3n) is 4.16. The molecule has 1 unspecified atom stereocenters. The van der Waals surface area contributed by atoms with Gasteiger partial charge in [0.15, 0.2) is 5.82 Å². The highest BCUT2D eigenvalue weighted by Gasteiger charge is 2.28. The van der Waals surface area contributed by atoms with E-state index in [0.29, 0.717) is 25.3 Å². The van der Waals surface area contributed by atoms with E-state index in [1.165, 1.54) is 31.6 Å². The predicted molar refractivity (Wildman–Crippen MR) is 98.4 cm³/mol. The number of rotatable bonds is 5. The van der Waals surface area contributed by atoms with Gasteiger partial charge in [-0.15, -0.1) is 0 Å². The third kappa shape index (κ3) is 4.00. The molecule has 1 aromatic heterocycles. The molecule has 140 valence electrons. The Hall–Kier alpha value is -2.10. The maximum Gasteiger partial charge on any atom is 0.290 e. The van der Waals surface area contributed by atoms with Crippen molar-refractivity contribution < 1.29 is 13.2 Å². The Morgan fingerprint density at radius 2 is 2.23 bits per heavy atom. The molecule has 2 N–H and O–H groups in total. The monoisotopic (exact) mass is 398 g/mol. The average Bonchev–Trinajstić information content (AvgIpc) is 2.62. The Labute approximate surface area is 156 Å². The van der Waals surface area contributed by atoms with Crippen molar-refractivity contribution in [2.45, 2.75) is 23.8 Å². The van der Waals surface area contributed by atoms with E-state index in [0.717, 1.165) is 6.42 Å². The van der Waals surface area contributed by atoms with Crippen molar-refractivity contribution in [2.24, 2.45) is 0 Å². The number of nitrogens with one attached hydrogen (secondary N) is 2. The van der Waals surface area contributed by atoms with Crippen molar-refractivity contribution >= 4 is 27.4 Å². The molecule has 1 atom stereocenters. The van der Waals surface area contributed by atoms with Crippen LogP contribution in [0.25, 0.3) is 0 Å². The van der Waals surface area contributed by atoms with E-state index in [9.17, 15) is 13.2 Å². The molecule has 0 bridgehead atoms. The van der Waals surface area contributed by atoms with Crippen molar-refractivity contribution in [2.75, 3.05) is 25.1 Å². The van der Waals surface area contributed by atoms with Gasteiger partial charge in [-0.1, -0.05) is 11.6 Å². The third-order valence-corrected chi connectivity index (χ3v) is 6.16. The Morgan fingerprint density at radius 3 is 2.96 bits per heavy atom. The lowest BCUT2D eigenvalue weighted by atomic mass is 10.1. The average molecular weight is 399 g/mol. The fourth-order valence-electron chi connectivity index (χ4n) is 2.93. The normalized spacial score (nSPS) is 17.9. The molecule has 1 aromatic carbocycles. The molecule has 3 rings (SSSR count). The molecule has 1 aliphatic heterocycles. The standard InChI is InChI=1S/C16H19ClN4O4S/c1-25-12-4-5-13(17)14(9-12)26(23,24)20-11-3-2-8-21(10-11)15-16(22)19-7-6-18-15/h4-7,9,11,20H,2-3,8,10H2,1H3,(H,19,22). The molecule has 0 amide bonds. The molecule has 8 nitrogen and oxygen atoms in total. The summed E-state index contributed by atoms with van der Waals surface area (Å²) in [6, 6.07) is 4.10. The number of nitrogens with zero attached hydrogens (tertiary/aromatic N) is 2. The Bertz CT molecular complexity index is 947. The minimum absolute atomic E-state index is 0.0358. The van der Waals surface area contributed by atoms with Crippen molar-refractivity contribution in [3.63, 3.8) is 0 Å². The van der Waals surface area contributed by atoms with Crippen LogP contribution in [0.3, 0.4) is 0 Å². The van der Waals surface area contributed by atoms with Crippen LogP contribution in [0.15, 0.2) is 40.3 Å². The van der Waals surface area contributed by atoms with Gasteiger partial charge in [0.1, 0.15) is 10.6 Å². The van der Waals surface area contributed by atoms with Crippen molar-refractivity contribution in [1.29, 1.82) is 0 Å². The van der Waals surface area contributed by atoms with E-state index >= 15 is 0 Å². The fraction of sp³-hybridized carbons (Fsp3) is 0.375. The van der Waals surface area contributed by atoms with E-state index in [1.54, 1.807) is 11.0 Å². The number of halogens is 1. The molecule has 1 saturated heterocycles. The van der Waals surface area contributed by atoms with Crippen molar-refractivity contribution in [1.82, 2.24) is 14.7 Å². The van der Waals surface area contributed by atoms with Gasteiger partial charge < -0.3 is 14.6 Å². The van der Waals surface area contributed by atoms with Gasteiger partial charge in [0, 0.05) is 37.6 Å². The van der Waals surface area contributed by atoms with Gasteiger partial charge in [-0.25, -0.2) is 18.1 Å². The second-order valence-corrected chi connectivity index (χ2v) is 8.03. The van der Waals surface area contributed by atoms with E-state index in [-0.39, 0.29) is 27.3 Å². The molecular formula is C16H19ClN4O4S. The number of methoxy groups -OCH3 is 1. The molecule has 1 fully saturated rings. The second kappa shape index (κ2) is 7.65. The Morgan fingerprint density at radius 1 is 1.42 bits per heavy atom. The summed E-state index contributed by atoms with van der Waals surface area (Å²) >= 11 is 6.06. The first-order chi connectivity index (χ1) is 12.4. The summed E-state index contributed by atoms with van der Waals surface area (Å²) in [6.07, 6.45) is 4.35. The van der Waals surface area contributed by atoms with Gasteiger partial charge in [0.25, 0.3) is 5.56 Å². The number of hydrogen-bond acceptors (Lipinski definition) is 6. The molecule has 0 aliphatic carbocycles. The van der Waals surface area contributed by atoms with Gasteiger partial charge in [0.05, 0.1) is 12.1 Å². The number of sulfonamides is 1. The zero-order valence-corrected chi connectivity index (χ0v) is 15.7. The zero-order chi connectivity index (χ0) is 18.7. The lowest BCUT2D eigenvalue weighted by molar-refractivity contribution is 0.413. The SMILES string of the molecule is COc1ccc(Cl)c(S(=O)(=O)NC2CCCN(c3ncc[nH]c3=O)C2)c1. The van der Waals surface area contributed by atoms with Crippen LogP contribution in [0.2, 0.25) is 5.02 Å². The van der Waals surface area contributed by atoms with E-state index in [2.05, 4.69) is 14.7 Å². The highest BCUT2D eigenvalue weighted by molar-refractivity contribution is 7.89. The van der Waals surface area contributed by atoms with Crippen LogP contribution >= 0.6 is 11.6 Å². The molecule has 2 heterocycles.